The fourth-order valence-electron chi connectivity index (χ4n) is 3.08. The van der Waals surface area contributed by atoms with E-state index < -0.39 is 0 Å². The Kier molecular flexibility index (Phi) is 5.89. The number of hydrogen-bond acceptors (Lipinski definition) is 4. The molecule has 0 aliphatic carbocycles. The zero-order valence-electron chi connectivity index (χ0n) is 12.2. The lowest BCUT2D eigenvalue weighted by atomic mass is 10.1. The van der Waals surface area contributed by atoms with Crippen LogP contribution in [-0.2, 0) is 0 Å². The number of nitrogens with zero attached hydrogens (tertiary/aromatic N) is 3. The lowest BCUT2D eigenvalue weighted by Crippen LogP contribution is -2.47. The summed E-state index contributed by atoms with van der Waals surface area (Å²) in [5.41, 5.74) is 0. The van der Waals surface area contributed by atoms with Crippen molar-refractivity contribution in [2.24, 2.45) is 0 Å². The minimum atomic E-state index is 0.804. The standard InChI is InChI=1S/C14H30N4/c1-16-8-3-4-14(5-9-16)17(2)12-13-18-10-6-15-7-11-18/h14-15H,3-13H2,1-2H3. The van der Waals surface area contributed by atoms with Crippen LogP contribution in [0.3, 0.4) is 0 Å². The predicted molar refractivity (Wildman–Crippen MR) is 77.1 cm³/mol. The number of hydrogen-bond donors (Lipinski definition) is 1. The molecule has 1 atom stereocenters. The molecule has 2 rings (SSSR count). The molecule has 2 aliphatic rings. The van der Waals surface area contributed by atoms with Gasteiger partial charge in [0.1, 0.15) is 0 Å². The Balaban J connectivity index is 1.68. The van der Waals surface area contributed by atoms with Crippen molar-refractivity contribution in [3.8, 4) is 0 Å². The molecule has 18 heavy (non-hydrogen) atoms. The highest BCUT2D eigenvalue weighted by molar-refractivity contribution is 4.76. The highest BCUT2D eigenvalue weighted by atomic mass is 15.2. The molecule has 0 spiro atoms. The third-order valence-corrected chi connectivity index (χ3v) is 4.52. The Morgan fingerprint density at radius 2 is 1.89 bits per heavy atom. The first-order valence-electron chi connectivity index (χ1n) is 7.57. The molecule has 0 saturated carbocycles. The zero-order chi connectivity index (χ0) is 12.8. The normalized spacial score (nSPS) is 28.5. The minimum absolute atomic E-state index is 0.804. The molecule has 2 heterocycles. The Labute approximate surface area is 112 Å². The molecule has 2 saturated heterocycles. The number of nitrogens with one attached hydrogen (secondary N) is 1. The van der Waals surface area contributed by atoms with Crippen molar-refractivity contribution in [2.75, 3.05) is 66.5 Å². The van der Waals surface area contributed by atoms with Gasteiger partial charge in [0.05, 0.1) is 0 Å². The van der Waals surface area contributed by atoms with Crippen LogP contribution in [0.4, 0.5) is 0 Å². The summed E-state index contributed by atoms with van der Waals surface area (Å²) in [6, 6.07) is 0.804. The maximum Gasteiger partial charge on any atom is 0.0110 e. The molecule has 0 radical (unpaired) electrons. The number of likely N-dealkylation sites (tertiary alicyclic amines) is 1. The fraction of sp³-hybridized carbons (Fsp3) is 1.00. The van der Waals surface area contributed by atoms with Crippen molar-refractivity contribution in [1.29, 1.82) is 0 Å². The van der Waals surface area contributed by atoms with Gasteiger partial charge in [-0.25, -0.2) is 0 Å². The van der Waals surface area contributed by atoms with Crippen LogP contribution in [0.15, 0.2) is 0 Å². The second-order valence-corrected chi connectivity index (χ2v) is 5.96. The number of piperazine rings is 1. The van der Waals surface area contributed by atoms with Gasteiger partial charge in [0, 0.05) is 45.3 Å². The summed E-state index contributed by atoms with van der Waals surface area (Å²) in [5, 5.41) is 3.42. The largest absolute Gasteiger partial charge is 0.314 e. The third-order valence-electron chi connectivity index (χ3n) is 4.52. The Morgan fingerprint density at radius 3 is 2.67 bits per heavy atom. The van der Waals surface area contributed by atoms with E-state index in [1.807, 2.05) is 0 Å². The van der Waals surface area contributed by atoms with E-state index in [-0.39, 0.29) is 0 Å². The second kappa shape index (κ2) is 7.43. The third kappa shape index (κ3) is 4.50. The molecule has 1 unspecified atom stereocenters. The topological polar surface area (TPSA) is 21.8 Å². The quantitative estimate of drug-likeness (QED) is 0.779. The SMILES string of the molecule is CN1CCCC(N(C)CCN2CCNCC2)CC1. The van der Waals surface area contributed by atoms with E-state index in [1.54, 1.807) is 0 Å². The number of likely N-dealkylation sites (N-methyl/N-ethyl adjacent to an activating group) is 1. The van der Waals surface area contributed by atoms with Gasteiger partial charge >= 0.3 is 0 Å². The molecule has 0 aromatic rings. The van der Waals surface area contributed by atoms with E-state index in [9.17, 15) is 0 Å². The van der Waals surface area contributed by atoms with Crippen molar-refractivity contribution in [1.82, 2.24) is 20.0 Å². The second-order valence-electron chi connectivity index (χ2n) is 5.96. The molecule has 4 nitrogen and oxygen atoms in total. The molecular weight excluding hydrogens is 224 g/mol. The van der Waals surface area contributed by atoms with E-state index >= 15 is 0 Å². The molecule has 0 amide bonds. The molecule has 0 aromatic carbocycles. The Hall–Kier alpha value is -0.160. The molecule has 1 N–H and O–H groups in total. The monoisotopic (exact) mass is 254 g/mol. The summed E-state index contributed by atoms with van der Waals surface area (Å²) in [5.74, 6) is 0. The Morgan fingerprint density at radius 1 is 1.11 bits per heavy atom. The van der Waals surface area contributed by atoms with Gasteiger partial charge < -0.3 is 15.1 Å². The first kappa shape index (κ1) is 14.3. The highest BCUT2D eigenvalue weighted by Gasteiger charge is 2.19. The van der Waals surface area contributed by atoms with Crippen LogP contribution in [0.2, 0.25) is 0 Å². The van der Waals surface area contributed by atoms with E-state index in [0.29, 0.717) is 0 Å². The van der Waals surface area contributed by atoms with Gasteiger partial charge in [0.15, 0.2) is 0 Å². The maximum absolute atomic E-state index is 3.42. The molecule has 2 aliphatic heterocycles. The summed E-state index contributed by atoms with van der Waals surface area (Å²) in [4.78, 5) is 7.67. The first-order chi connectivity index (χ1) is 8.75. The van der Waals surface area contributed by atoms with Gasteiger partial charge in [0.2, 0.25) is 0 Å². The summed E-state index contributed by atoms with van der Waals surface area (Å²) >= 11 is 0. The summed E-state index contributed by atoms with van der Waals surface area (Å²) in [6.45, 7) is 9.79. The van der Waals surface area contributed by atoms with Crippen molar-refractivity contribution < 1.29 is 0 Å². The lowest BCUT2D eigenvalue weighted by Gasteiger charge is -2.32. The van der Waals surface area contributed by atoms with Crippen LogP contribution in [0.1, 0.15) is 19.3 Å². The summed E-state index contributed by atoms with van der Waals surface area (Å²) in [6.07, 6.45) is 4.08. The van der Waals surface area contributed by atoms with Crippen molar-refractivity contribution in [2.45, 2.75) is 25.3 Å². The average Bonchev–Trinajstić information content (AvgIpc) is 2.62. The fourth-order valence-corrected chi connectivity index (χ4v) is 3.08. The average molecular weight is 254 g/mol. The molecule has 0 aromatic heterocycles. The molecular formula is C14H30N4. The predicted octanol–water partition coefficient (Wildman–Crippen LogP) is 0.308. The zero-order valence-corrected chi connectivity index (χ0v) is 12.2. The number of rotatable bonds is 4. The van der Waals surface area contributed by atoms with Crippen LogP contribution in [0.5, 0.6) is 0 Å². The summed E-state index contributed by atoms with van der Waals surface area (Å²) < 4.78 is 0. The van der Waals surface area contributed by atoms with Gasteiger partial charge in [-0.15, -0.1) is 0 Å². The van der Waals surface area contributed by atoms with Gasteiger partial charge in [-0.05, 0) is 46.4 Å². The maximum atomic E-state index is 3.42. The molecule has 2 fully saturated rings. The Bertz CT molecular complexity index is 228. The van der Waals surface area contributed by atoms with Crippen molar-refractivity contribution in [3.05, 3.63) is 0 Å². The van der Waals surface area contributed by atoms with Crippen LogP contribution in [0, 0.1) is 0 Å². The van der Waals surface area contributed by atoms with Gasteiger partial charge in [-0.3, -0.25) is 4.90 Å². The highest BCUT2D eigenvalue weighted by Crippen LogP contribution is 2.14. The minimum Gasteiger partial charge on any atom is -0.314 e. The van der Waals surface area contributed by atoms with E-state index in [1.165, 1.54) is 58.5 Å². The lowest BCUT2D eigenvalue weighted by molar-refractivity contribution is 0.167. The van der Waals surface area contributed by atoms with Crippen LogP contribution in [0.25, 0.3) is 0 Å². The van der Waals surface area contributed by atoms with Gasteiger partial charge in [-0.1, -0.05) is 0 Å². The molecule has 4 heteroatoms. The van der Waals surface area contributed by atoms with E-state index in [2.05, 4.69) is 34.1 Å². The van der Waals surface area contributed by atoms with Gasteiger partial charge in [0.25, 0.3) is 0 Å². The van der Waals surface area contributed by atoms with E-state index in [4.69, 9.17) is 0 Å². The smallest absolute Gasteiger partial charge is 0.0110 e. The van der Waals surface area contributed by atoms with E-state index in [0.717, 1.165) is 19.1 Å². The molecule has 106 valence electrons. The van der Waals surface area contributed by atoms with Gasteiger partial charge in [-0.2, -0.15) is 0 Å². The van der Waals surface area contributed by atoms with Crippen LogP contribution >= 0.6 is 0 Å². The summed E-state index contributed by atoms with van der Waals surface area (Å²) in [7, 11) is 4.57. The van der Waals surface area contributed by atoms with Crippen molar-refractivity contribution in [3.63, 3.8) is 0 Å². The molecule has 0 bridgehead atoms. The van der Waals surface area contributed by atoms with Crippen molar-refractivity contribution >= 4 is 0 Å². The van der Waals surface area contributed by atoms with Crippen LogP contribution in [-0.4, -0.2) is 87.2 Å². The van der Waals surface area contributed by atoms with Crippen LogP contribution < -0.4 is 5.32 Å². The first-order valence-corrected chi connectivity index (χ1v) is 7.57.